The molecule has 1 N–H and O–H groups in total. The second-order valence-electron chi connectivity index (χ2n) is 6.34. The number of ether oxygens (including phenoxy) is 1. The van der Waals surface area contributed by atoms with Gasteiger partial charge in [-0.3, -0.25) is 9.59 Å². The van der Waals surface area contributed by atoms with Crippen LogP contribution in [0, 0.1) is 12.8 Å². The van der Waals surface area contributed by atoms with Crippen LogP contribution >= 0.6 is 0 Å². The first-order valence-corrected chi connectivity index (χ1v) is 8.83. The number of nitrogens with zero attached hydrogens (tertiary/aromatic N) is 2. The van der Waals surface area contributed by atoms with Crippen molar-refractivity contribution in [2.24, 2.45) is 5.92 Å². The number of carbonyl (C=O) groups excluding carboxylic acids is 2. The summed E-state index contributed by atoms with van der Waals surface area (Å²) in [5.41, 5.74) is 0.634. The fourth-order valence-corrected chi connectivity index (χ4v) is 3.04. The van der Waals surface area contributed by atoms with Gasteiger partial charge in [0.2, 0.25) is 5.91 Å². The third-order valence-corrected chi connectivity index (χ3v) is 4.44. The van der Waals surface area contributed by atoms with Crippen molar-refractivity contribution in [2.45, 2.75) is 26.7 Å². The van der Waals surface area contributed by atoms with Crippen molar-refractivity contribution in [1.29, 1.82) is 0 Å². The summed E-state index contributed by atoms with van der Waals surface area (Å²) in [5, 5.41) is 6.54. The van der Waals surface area contributed by atoms with Crippen LogP contribution < -0.4 is 10.1 Å². The predicted molar refractivity (Wildman–Crippen MR) is 96.1 cm³/mol. The zero-order valence-corrected chi connectivity index (χ0v) is 15.0. The Labute approximate surface area is 152 Å². The number of likely N-dealkylation sites (tertiary alicyclic amines) is 1. The van der Waals surface area contributed by atoms with Gasteiger partial charge in [-0.25, -0.2) is 0 Å². The molecule has 3 rings (SSSR count). The fourth-order valence-electron chi connectivity index (χ4n) is 3.04. The Morgan fingerprint density at radius 1 is 1.27 bits per heavy atom. The van der Waals surface area contributed by atoms with Crippen LogP contribution in [0.1, 0.15) is 35.9 Å². The van der Waals surface area contributed by atoms with Crippen molar-refractivity contribution in [3.8, 4) is 5.75 Å². The Bertz CT molecular complexity index is 761. The highest BCUT2D eigenvalue weighted by Gasteiger charge is 2.28. The number of benzene rings is 1. The van der Waals surface area contributed by atoms with Crippen molar-refractivity contribution in [2.75, 3.05) is 25.0 Å². The number of aromatic nitrogens is 1. The molecule has 0 bridgehead atoms. The van der Waals surface area contributed by atoms with Crippen molar-refractivity contribution in [3.05, 3.63) is 41.7 Å². The van der Waals surface area contributed by atoms with Gasteiger partial charge in [0.1, 0.15) is 11.5 Å². The highest BCUT2D eigenvalue weighted by Crippen LogP contribution is 2.22. The Morgan fingerprint density at radius 2 is 1.96 bits per heavy atom. The zero-order valence-electron chi connectivity index (χ0n) is 15.0. The molecular weight excluding hydrogens is 334 g/mol. The Hall–Kier alpha value is -2.83. The lowest BCUT2D eigenvalue weighted by atomic mass is 9.95. The second-order valence-corrected chi connectivity index (χ2v) is 6.34. The number of amides is 2. The normalized spacial score (nSPS) is 14.9. The zero-order chi connectivity index (χ0) is 18.5. The molecule has 1 saturated heterocycles. The van der Waals surface area contributed by atoms with E-state index in [0.29, 0.717) is 49.7 Å². The van der Waals surface area contributed by atoms with Gasteiger partial charge in [0.25, 0.3) is 5.91 Å². The Kier molecular flexibility index (Phi) is 5.55. The van der Waals surface area contributed by atoms with E-state index in [1.54, 1.807) is 42.2 Å². The molecule has 1 aliphatic heterocycles. The summed E-state index contributed by atoms with van der Waals surface area (Å²) in [6, 6.07) is 8.84. The van der Waals surface area contributed by atoms with Gasteiger partial charge in [-0.2, -0.15) is 0 Å². The fraction of sp³-hybridized carbons (Fsp3) is 0.421. The van der Waals surface area contributed by atoms with Gasteiger partial charge in [0.15, 0.2) is 5.82 Å². The molecule has 26 heavy (non-hydrogen) atoms. The maximum Gasteiger partial charge on any atom is 0.253 e. The molecule has 0 unspecified atom stereocenters. The molecule has 7 heteroatoms. The van der Waals surface area contributed by atoms with Crippen LogP contribution in [0.4, 0.5) is 5.82 Å². The van der Waals surface area contributed by atoms with Crippen LogP contribution in [0.15, 0.2) is 34.9 Å². The van der Waals surface area contributed by atoms with Crippen LogP contribution in [0.3, 0.4) is 0 Å². The first-order valence-electron chi connectivity index (χ1n) is 8.83. The lowest BCUT2D eigenvalue weighted by molar-refractivity contribution is -0.121. The van der Waals surface area contributed by atoms with Gasteiger partial charge < -0.3 is 19.5 Å². The molecule has 7 nitrogen and oxygen atoms in total. The average Bonchev–Trinajstić information content (AvgIpc) is 3.07. The molecular formula is C19H23N3O4. The van der Waals surface area contributed by atoms with Gasteiger partial charge in [0, 0.05) is 30.6 Å². The van der Waals surface area contributed by atoms with Gasteiger partial charge in [-0.15, -0.1) is 0 Å². The number of aryl methyl sites for hydroxylation is 1. The summed E-state index contributed by atoms with van der Waals surface area (Å²) in [7, 11) is 0. The first-order chi connectivity index (χ1) is 12.6. The molecule has 1 aliphatic rings. The van der Waals surface area contributed by atoms with Crippen LogP contribution in [0.2, 0.25) is 0 Å². The van der Waals surface area contributed by atoms with E-state index in [1.807, 2.05) is 6.92 Å². The number of piperidine rings is 1. The van der Waals surface area contributed by atoms with E-state index in [1.165, 1.54) is 0 Å². The minimum atomic E-state index is -0.128. The van der Waals surface area contributed by atoms with E-state index in [2.05, 4.69) is 10.5 Å². The van der Waals surface area contributed by atoms with Crippen LogP contribution in [0.5, 0.6) is 5.75 Å². The standard InChI is InChI=1S/C19H23N3O4/c1-3-25-16-6-4-15(5-7-16)19(24)22-10-8-14(9-11-22)18(23)20-17-12-13(2)26-21-17/h4-7,12,14H,3,8-11H2,1-2H3,(H,20,21,23). The number of rotatable bonds is 5. The summed E-state index contributed by atoms with van der Waals surface area (Å²) in [5.74, 6) is 1.61. The van der Waals surface area contributed by atoms with Crippen LogP contribution in [-0.2, 0) is 4.79 Å². The number of hydrogen-bond donors (Lipinski definition) is 1. The van der Waals surface area contributed by atoms with E-state index in [-0.39, 0.29) is 17.7 Å². The van der Waals surface area contributed by atoms with Crippen LogP contribution in [-0.4, -0.2) is 41.6 Å². The smallest absolute Gasteiger partial charge is 0.253 e. The molecule has 2 aromatic rings. The van der Waals surface area contributed by atoms with E-state index in [0.717, 1.165) is 5.75 Å². The average molecular weight is 357 g/mol. The number of hydrogen-bond acceptors (Lipinski definition) is 5. The molecule has 2 amide bonds. The molecule has 1 aromatic carbocycles. The Morgan fingerprint density at radius 3 is 2.54 bits per heavy atom. The van der Waals surface area contributed by atoms with Crippen molar-refractivity contribution >= 4 is 17.6 Å². The minimum Gasteiger partial charge on any atom is -0.494 e. The van der Waals surface area contributed by atoms with Crippen molar-refractivity contribution in [1.82, 2.24) is 10.1 Å². The summed E-state index contributed by atoms with van der Waals surface area (Å²) >= 11 is 0. The third-order valence-electron chi connectivity index (χ3n) is 4.44. The lowest BCUT2D eigenvalue weighted by Crippen LogP contribution is -2.41. The van der Waals surface area contributed by atoms with E-state index < -0.39 is 0 Å². The quantitative estimate of drug-likeness (QED) is 0.889. The van der Waals surface area contributed by atoms with Gasteiger partial charge in [-0.1, -0.05) is 5.16 Å². The third kappa shape index (κ3) is 4.22. The van der Waals surface area contributed by atoms with Gasteiger partial charge >= 0.3 is 0 Å². The Balaban J connectivity index is 1.52. The summed E-state index contributed by atoms with van der Waals surface area (Å²) < 4.78 is 10.3. The van der Waals surface area contributed by atoms with E-state index in [4.69, 9.17) is 9.26 Å². The van der Waals surface area contributed by atoms with E-state index >= 15 is 0 Å². The van der Waals surface area contributed by atoms with Crippen LogP contribution in [0.25, 0.3) is 0 Å². The minimum absolute atomic E-state index is 0.0148. The maximum absolute atomic E-state index is 12.6. The number of nitrogens with one attached hydrogen (secondary N) is 1. The maximum atomic E-state index is 12.6. The molecule has 0 atom stereocenters. The molecule has 2 heterocycles. The molecule has 138 valence electrons. The molecule has 0 spiro atoms. The number of anilines is 1. The summed E-state index contributed by atoms with van der Waals surface area (Å²) in [4.78, 5) is 26.7. The molecule has 0 aliphatic carbocycles. The number of carbonyl (C=O) groups is 2. The van der Waals surface area contributed by atoms with E-state index in [9.17, 15) is 9.59 Å². The van der Waals surface area contributed by atoms with Crippen molar-refractivity contribution in [3.63, 3.8) is 0 Å². The summed E-state index contributed by atoms with van der Waals surface area (Å²) in [6.45, 7) is 5.40. The SMILES string of the molecule is CCOc1ccc(C(=O)N2CCC(C(=O)Nc3cc(C)on3)CC2)cc1. The summed E-state index contributed by atoms with van der Waals surface area (Å²) in [6.07, 6.45) is 1.26. The first kappa shape index (κ1) is 18.0. The molecule has 0 radical (unpaired) electrons. The van der Waals surface area contributed by atoms with Crippen molar-refractivity contribution < 1.29 is 18.8 Å². The van der Waals surface area contributed by atoms with Gasteiger partial charge in [-0.05, 0) is 51.0 Å². The molecule has 1 fully saturated rings. The van der Waals surface area contributed by atoms with Gasteiger partial charge in [0.05, 0.1) is 6.61 Å². The monoisotopic (exact) mass is 357 g/mol. The highest BCUT2D eigenvalue weighted by molar-refractivity contribution is 5.95. The largest absolute Gasteiger partial charge is 0.494 e. The second kappa shape index (κ2) is 8.03. The lowest BCUT2D eigenvalue weighted by Gasteiger charge is -2.31. The predicted octanol–water partition coefficient (Wildman–Crippen LogP) is 2.87. The highest BCUT2D eigenvalue weighted by atomic mass is 16.5. The topological polar surface area (TPSA) is 84.7 Å². The molecule has 0 saturated carbocycles. The molecule has 1 aromatic heterocycles.